The van der Waals surface area contributed by atoms with Gasteiger partial charge in [-0.3, -0.25) is 4.68 Å². The molecule has 0 amide bonds. The van der Waals surface area contributed by atoms with Crippen LogP contribution in [0.15, 0.2) is 6.20 Å². The molecule has 0 bridgehead atoms. The van der Waals surface area contributed by atoms with Gasteiger partial charge in [0, 0.05) is 31.9 Å². The summed E-state index contributed by atoms with van der Waals surface area (Å²) in [6, 6.07) is 0. The van der Waals surface area contributed by atoms with Crippen LogP contribution < -0.4 is 5.32 Å². The zero-order valence-electron chi connectivity index (χ0n) is 13.7. The van der Waals surface area contributed by atoms with Gasteiger partial charge in [0.15, 0.2) is 0 Å². The summed E-state index contributed by atoms with van der Waals surface area (Å²) in [5, 5.41) is 8.24. The van der Waals surface area contributed by atoms with Gasteiger partial charge in [-0.2, -0.15) is 5.10 Å². The highest BCUT2D eigenvalue weighted by Crippen LogP contribution is 2.29. The molecular formula is C16H30N4. The number of aryl methyl sites for hydroxylation is 1. The third-order valence-corrected chi connectivity index (χ3v) is 4.55. The number of nitrogens with one attached hydrogen (secondary N) is 1. The predicted octanol–water partition coefficient (Wildman–Crippen LogP) is 2.37. The molecule has 1 N–H and O–H groups in total. The topological polar surface area (TPSA) is 33.1 Å². The van der Waals surface area contributed by atoms with E-state index in [-0.39, 0.29) is 0 Å². The van der Waals surface area contributed by atoms with Gasteiger partial charge in [0.05, 0.1) is 5.69 Å². The fourth-order valence-electron chi connectivity index (χ4n) is 3.01. The lowest BCUT2D eigenvalue weighted by Gasteiger charge is -2.38. The Bertz CT molecular complexity index is 428. The number of nitrogens with zero attached hydrogens (tertiary/aromatic N) is 3. The second kappa shape index (κ2) is 6.27. The molecule has 0 atom stereocenters. The summed E-state index contributed by atoms with van der Waals surface area (Å²) in [5.41, 5.74) is 3.03. The molecule has 1 fully saturated rings. The van der Waals surface area contributed by atoms with Gasteiger partial charge in [0.1, 0.15) is 0 Å². The molecule has 0 aliphatic carbocycles. The van der Waals surface area contributed by atoms with Crippen LogP contribution in [-0.4, -0.2) is 41.4 Å². The second-order valence-corrected chi connectivity index (χ2v) is 7.09. The molecule has 20 heavy (non-hydrogen) atoms. The van der Waals surface area contributed by atoms with Crippen molar-refractivity contribution in [3.63, 3.8) is 0 Å². The van der Waals surface area contributed by atoms with Crippen LogP contribution in [0.5, 0.6) is 0 Å². The molecule has 4 heteroatoms. The summed E-state index contributed by atoms with van der Waals surface area (Å²) in [7, 11) is 4.23. The smallest absolute Gasteiger partial charge is 0.0694 e. The normalized spacial score (nSPS) is 19.7. The molecule has 1 aliphatic heterocycles. The Morgan fingerprint density at radius 3 is 2.55 bits per heavy atom. The number of aromatic nitrogens is 2. The Morgan fingerprint density at radius 1 is 1.30 bits per heavy atom. The maximum atomic E-state index is 4.57. The van der Waals surface area contributed by atoms with E-state index in [2.05, 4.69) is 49.3 Å². The fourth-order valence-corrected chi connectivity index (χ4v) is 3.01. The van der Waals surface area contributed by atoms with E-state index in [0.717, 1.165) is 13.1 Å². The van der Waals surface area contributed by atoms with Gasteiger partial charge in [0.2, 0.25) is 0 Å². The van der Waals surface area contributed by atoms with Crippen molar-refractivity contribution in [3.05, 3.63) is 17.5 Å². The Hall–Kier alpha value is -0.870. The van der Waals surface area contributed by atoms with E-state index in [1.54, 1.807) is 0 Å². The summed E-state index contributed by atoms with van der Waals surface area (Å²) in [5.74, 6) is 0.493. The largest absolute Gasteiger partial charge is 0.312 e. The first-order valence-corrected chi connectivity index (χ1v) is 7.81. The summed E-state index contributed by atoms with van der Waals surface area (Å²) in [6.07, 6.45) is 4.74. The van der Waals surface area contributed by atoms with E-state index < -0.39 is 0 Å². The van der Waals surface area contributed by atoms with E-state index in [0.29, 0.717) is 11.3 Å². The maximum Gasteiger partial charge on any atom is 0.0694 e. The molecule has 1 aromatic heterocycles. The Morgan fingerprint density at radius 2 is 1.95 bits per heavy atom. The Balaban J connectivity index is 1.87. The molecule has 0 spiro atoms. The van der Waals surface area contributed by atoms with Gasteiger partial charge < -0.3 is 10.2 Å². The van der Waals surface area contributed by atoms with Crippen molar-refractivity contribution < 1.29 is 0 Å². The van der Waals surface area contributed by atoms with Crippen molar-refractivity contribution in [2.75, 3.05) is 26.7 Å². The molecule has 0 aromatic carbocycles. The molecule has 2 heterocycles. The predicted molar refractivity (Wildman–Crippen MR) is 83.8 cm³/mol. The van der Waals surface area contributed by atoms with Gasteiger partial charge in [-0.25, -0.2) is 0 Å². The van der Waals surface area contributed by atoms with Gasteiger partial charge in [-0.05, 0) is 44.3 Å². The molecule has 0 unspecified atom stereocenters. The van der Waals surface area contributed by atoms with Crippen molar-refractivity contribution in [2.45, 2.75) is 46.1 Å². The van der Waals surface area contributed by atoms with Crippen LogP contribution >= 0.6 is 0 Å². The minimum atomic E-state index is 0.451. The maximum absolute atomic E-state index is 4.57. The lowest BCUT2D eigenvalue weighted by atomic mass is 9.80. The first kappa shape index (κ1) is 15.5. The third kappa shape index (κ3) is 3.83. The lowest BCUT2D eigenvalue weighted by Crippen LogP contribution is -2.41. The molecule has 2 rings (SSSR count). The SMILES string of the molecule is CC(C)c1nn(C)cc1CNCC1(C)CCN(C)CC1. The van der Waals surface area contributed by atoms with Crippen LogP contribution in [0.2, 0.25) is 0 Å². The second-order valence-electron chi connectivity index (χ2n) is 7.09. The molecular weight excluding hydrogens is 248 g/mol. The van der Waals surface area contributed by atoms with Crippen LogP contribution in [0.1, 0.15) is 50.8 Å². The Kier molecular flexibility index (Phi) is 4.86. The number of likely N-dealkylation sites (tertiary alicyclic amines) is 1. The molecule has 0 saturated carbocycles. The van der Waals surface area contributed by atoms with Gasteiger partial charge in [-0.15, -0.1) is 0 Å². The molecule has 4 nitrogen and oxygen atoms in total. The van der Waals surface area contributed by atoms with Crippen molar-refractivity contribution in [2.24, 2.45) is 12.5 Å². The third-order valence-electron chi connectivity index (χ3n) is 4.55. The first-order valence-electron chi connectivity index (χ1n) is 7.81. The van der Waals surface area contributed by atoms with Gasteiger partial charge in [0.25, 0.3) is 0 Å². The number of piperidine rings is 1. The van der Waals surface area contributed by atoms with Crippen molar-refractivity contribution in [1.29, 1.82) is 0 Å². The van der Waals surface area contributed by atoms with E-state index in [4.69, 9.17) is 0 Å². The standard InChI is InChI=1S/C16H30N4/c1-13(2)15-14(11-20(5)18-15)10-17-12-16(3)6-8-19(4)9-7-16/h11,13,17H,6-10,12H2,1-5H3. The summed E-state index contributed by atoms with van der Waals surface area (Å²) in [4.78, 5) is 2.43. The quantitative estimate of drug-likeness (QED) is 0.897. The van der Waals surface area contributed by atoms with Crippen LogP contribution in [-0.2, 0) is 13.6 Å². The highest BCUT2D eigenvalue weighted by atomic mass is 15.3. The summed E-state index contributed by atoms with van der Waals surface area (Å²) < 4.78 is 1.93. The van der Waals surface area contributed by atoms with E-state index in [1.165, 1.54) is 37.2 Å². The number of hydrogen-bond acceptors (Lipinski definition) is 3. The van der Waals surface area contributed by atoms with Gasteiger partial charge >= 0.3 is 0 Å². The minimum Gasteiger partial charge on any atom is -0.312 e. The number of rotatable bonds is 5. The van der Waals surface area contributed by atoms with E-state index in [1.807, 2.05) is 11.7 Å². The van der Waals surface area contributed by atoms with Crippen molar-refractivity contribution in [3.8, 4) is 0 Å². The highest BCUT2D eigenvalue weighted by molar-refractivity contribution is 5.20. The zero-order valence-corrected chi connectivity index (χ0v) is 13.7. The average molecular weight is 278 g/mol. The highest BCUT2D eigenvalue weighted by Gasteiger charge is 2.28. The molecule has 1 aromatic rings. The lowest BCUT2D eigenvalue weighted by molar-refractivity contribution is 0.137. The van der Waals surface area contributed by atoms with Crippen LogP contribution in [0, 0.1) is 5.41 Å². The minimum absolute atomic E-state index is 0.451. The van der Waals surface area contributed by atoms with Gasteiger partial charge in [-0.1, -0.05) is 20.8 Å². The molecule has 0 radical (unpaired) electrons. The summed E-state index contributed by atoms with van der Waals surface area (Å²) >= 11 is 0. The molecule has 1 aliphatic rings. The Labute approximate surface area is 123 Å². The van der Waals surface area contributed by atoms with Crippen molar-refractivity contribution >= 4 is 0 Å². The van der Waals surface area contributed by atoms with Crippen LogP contribution in [0.4, 0.5) is 0 Å². The fraction of sp³-hybridized carbons (Fsp3) is 0.812. The number of hydrogen-bond donors (Lipinski definition) is 1. The monoisotopic (exact) mass is 278 g/mol. The van der Waals surface area contributed by atoms with Crippen molar-refractivity contribution in [1.82, 2.24) is 20.0 Å². The zero-order chi connectivity index (χ0) is 14.8. The first-order chi connectivity index (χ1) is 9.39. The van der Waals surface area contributed by atoms with E-state index >= 15 is 0 Å². The van der Waals surface area contributed by atoms with Crippen LogP contribution in [0.3, 0.4) is 0 Å². The molecule has 1 saturated heterocycles. The van der Waals surface area contributed by atoms with Crippen LogP contribution in [0.25, 0.3) is 0 Å². The van der Waals surface area contributed by atoms with E-state index in [9.17, 15) is 0 Å². The summed E-state index contributed by atoms with van der Waals surface area (Å²) in [6.45, 7) is 11.3. The average Bonchev–Trinajstić information content (AvgIpc) is 2.75. The molecule has 114 valence electrons.